The van der Waals surface area contributed by atoms with Gasteiger partial charge in [0.2, 0.25) is 5.43 Å². The topological polar surface area (TPSA) is 44.9 Å². The number of hydrogen-bond acceptors (Lipinski definition) is 2. The second-order valence-corrected chi connectivity index (χ2v) is 3.74. The molecule has 0 radical (unpaired) electrons. The predicted molar refractivity (Wildman–Crippen MR) is 56.5 cm³/mol. The van der Waals surface area contributed by atoms with Crippen LogP contribution in [0.5, 0.6) is 0 Å². The van der Waals surface area contributed by atoms with Gasteiger partial charge in [0, 0.05) is 29.3 Å². The molecule has 13 heavy (non-hydrogen) atoms. The van der Waals surface area contributed by atoms with Crippen molar-refractivity contribution < 1.29 is 0 Å². The van der Waals surface area contributed by atoms with Crippen molar-refractivity contribution in [1.82, 2.24) is 4.98 Å². The zero-order valence-corrected chi connectivity index (χ0v) is 8.78. The second kappa shape index (κ2) is 3.54. The van der Waals surface area contributed by atoms with Crippen LogP contribution < -0.4 is 10.7 Å². The van der Waals surface area contributed by atoms with Crippen LogP contribution in [0, 0.1) is 0 Å². The summed E-state index contributed by atoms with van der Waals surface area (Å²) >= 11 is 3.33. The van der Waals surface area contributed by atoms with E-state index in [9.17, 15) is 4.79 Å². The van der Waals surface area contributed by atoms with E-state index in [1.165, 1.54) is 0 Å². The Morgan fingerprint density at radius 3 is 3.15 bits per heavy atom. The molecule has 0 atom stereocenters. The number of hydrogen-bond donors (Lipinski definition) is 2. The Labute approximate surface area is 84.7 Å². The molecule has 4 heteroatoms. The van der Waals surface area contributed by atoms with Crippen molar-refractivity contribution in [2.24, 2.45) is 0 Å². The first-order chi connectivity index (χ1) is 6.31. The highest BCUT2D eigenvalue weighted by atomic mass is 79.9. The molecule has 0 fully saturated rings. The lowest BCUT2D eigenvalue weighted by Gasteiger charge is -2.17. The fourth-order valence-corrected chi connectivity index (χ4v) is 1.91. The van der Waals surface area contributed by atoms with Gasteiger partial charge in [0.1, 0.15) is 5.69 Å². The summed E-state index contributed by atoms with van der Waals surface area (Å²) in [7, 11) is 0. The maximum atomic E-state index is 11.5. The van der Waals surface area contributed by atoms with Crippen LogP contribution in [-0.4, -0.2) is 11.5 Å². The van der Waals surface area contributed by atoms with Crippen LogP contribution in [0.1, 0.15) is 17.8 Å². The van der Waals surface area contributed by atoms with Crippen molar-refractivity contribution in [1.29, 1.82) is 0 Å². The van der Waals surface area contributed by atoms with E-state index in [4.69, 9.17) is 0 Å². The van der Waals surface area contributed by atoms with Gasteiger partial charge in [-0.1, -0.05) is 15.9 Å². The Morgan fingerprint density at radius 1 is 1.54 bits per heavy atom. The quantitative estimate of drug-likeness (QED) is 0.736. The van der Waals surface area contributed by atoms with Gasteiger partial charge >= 0.3 is 0 Å². The van der Waals surface area contributed by atoms with Crippen LogP contribution in [0.2, 0.25) is 0 Å². The molecule has 3 nitrogen and oxygen atoms in total. The molecule has 2 heterocycles. The molecule has 1 aromatic heterocycles. The number of pyridine rings is 1. The first-order valence-electron chi connectivity index (χ1n) is 4.36. The van der Waals surface area contributed by atoms with Crippen molar-refractivity contribution >= 4 is 21.6 Å². The number of aryl methyl sites for hydroxylation is 1. The van der Waals surface area contributed by atoms with E-state index in [0.29, 0.717) is 5.33 Å². The molecule has 0 amide bonds. The summed E-state index contributed by atoms with van der Waals surface area (Å²) in [6.45, 7) is 0.906. The van der Waals surface area contributed by atoms with Crippen molar-refractivity contribution in [2.75, 3.05) is 11.9 Å². The number of halogens is 1. The van der Waals surface area contributed by atoms with E-state index >= 15 is 0 Å². The van der Waals surface area contributed by atoms with E-state index < -0.39 is 0 Å². The first kappa shape index (κ1) is 8.81. The van der Waals surface area contributed by atoms with E-state index in [1.807, 2.05) is 0 Å². The van der Waals surface area contributed by atoms with Gasteiger partial charge < -0.3 is 10.3 Å². The van der Waals surface area contributed by atoms with Gasteiger partial charge in [0.15, 0.2) is 0 Å². The Morgan fingerprint density at radius 2 is 2.38 bits per heavy atom. The van der Waals surface area contributed by atoms with Gasteiger partial charge in [-0.25, -0.2) is 0 Å². The lowest BCUT2D eigenvalue weighted by atomic mass is 10.1. The summed E-state index contributed by atoms with van der Waals surface area (Å²) < 4.78 is 0. The largest absolute Gasteiger partial charge is 0.380 e. The lowest BCUT2D eigenvalue weighted by molar-refractivity contribution is 0.793. The van der Waals surface area contributed by atoms with Gasteiger partial charge in [-0.3, -0.25) is 4.79 Å². The minimum atomic E-state index is 0.0999. The van der Waals surface area contributed by atoms with E-state index in [-0.39, 0.29) is 5.43 Å². The Balaban J connectivity index is 2.53. The Kier molecular flexibility index (Phi) is 2.40. The number of rotatable bonds is 1. The lowest BCUT2D eigenvalue weighted by Crippen LogP contribution is -2.21. The molecule has 0 spiro atoms. The van der Waals surface area contributed by atoms with Crippen molar-refractivity contribution in [3.05, 3.63) is 27.7 Å². The highest BCUT2D eigenvalue weighted by Gasteiger charge is 2.12. The molecule has 1 aromatic rings. The summed E-state index contributed by atoms with van der Waals surface area (Å²) in [4.78, 5) is 14.8. The van der Waals surface area contributed by atoms with Crippen LogP contribution in [-0.2, 0) is 11.8 Å². The molecule has 1 aliphatic heterocycles. The van der Waals surface area contributed by atoms with Crippen LogP contribution in [0.3, 0.4) is 0 Å². The molecule has 2 N–H and O–H groups in total. The molecule has 0 saturated carbocycles. The van der Waals surface area contributed by atoms with Gasteiger partial charge in [-0.2, -0.15) is 0 Å². The van der Waals surface area contributed by atoms with Crippen LogP contribution in [0.4, 0.5) is 5.69 Å². The van der Waals surface area contributed by atoms with Crippen LogP contribution in [0.15, 0.2) is 10.9 Å². The van der Waals surface area contributed by atoms with E-state index in [1.54, 1.807) is 6.07 Å². The van der Waals surface area contributed by atoms with E-state index in [0.717, 1.165) is 36.5 Å². The number of anilines is 1. The maximum absolute atomic E-state index is 11.5. The number of aromatic amines is 1. The summed E-state index contributed by atoms with van der Waals surface area (Å²) in [5, 5.41) is 3.83. The molecular formula is C9H11BrN2O. The third-order valence-electron chi connectivity index (χ3n) is 2.21. The highest BCUT2D eigenvalue weighted by molar-refractivity contribution is 9.08. The standard InChI is InChI=1S/C9H11BrN2O/c10-5-6-4-8(13)9-7(12-6)2-1-3-11-9/h4,11H,1-3,5H2,(H,12,13). The number of aromatic nitrogens is 1. The fraction of sp³-hybridized carbons (Fsp3) is 0.444. The third kappa shape index (κ3) is 1.63. The highest BCUT2D eigenvalue weighted by Crippen LogP contribution is 2.16. The van der Waals surface area contributed by atoms with E-state index in [2.05, 4.69) is 26.2 Å². The molecule has 1 aliphatic rings. The summed E-state index contributed by atoms with van der Waals surface area (Å²) in [5.41, 5.74) is 2.86. The second-order valence-electron chi connectivity index (χ2n) is 3.18. The Bertz CT molecular complexity index is 372. The van der Waals surface area contributed by atoms with Crippen molar-refractivity contribution in [3.63, 3.8) is 0 Å². The number of nitrogens with one attached hydrogen (secondary N) is 2. The van der Waals surface area contributed by atoms with Crippen LogP contribution >= 0.6 is 15.9 Å². The smallest absolute Gasteiger partial charge is 0.205 e. The Hall–Kier alpha value is -0.770. The molecule has 0 aromatic carbocycles. The molecular weight excluding hydrogens is 232 g/mol. The van der Waals surface area contributed by atoms with Gasteiger partial charge in [0.25, 0.3) is 0 Å². The summed E-state index contributed by atoms with van der Waals surface area (Å²) in [5.74, 6) is 0. The zero-order chi connectivity index (χ0) is 9.26. The number of H-pyrrole nitrogens is 1. The monoisotopic (exact) mass is 242 g/mol. The predicted octanol–water partition coefficient (Wildman–Crippen LogP) is 1.63. The van der Waals surface area contributed by atoms with Gasteiger partial charge in [-0.05, 0) is 12.8 Å². The molecule has 0 aliphatic carbocycles. The van der Waals surface area contributed by atoms with Gasteiger partial charge in [0.05, 0.1) is 0 Å². The minimum absolute atomic E-state index is 0.0999. The molecule has 0 unspecified atom stereocenters. The van der Waals surface area contributed by atoms with Crippen LogP contribution in [0.25, 0.3) is 0 Å². The maximum Gasteiger partial charge on any atom is 0.205 e. The average molecular weight is 243 g/mol. The van der Waals surface area contributed by atoms with Crippen molar-refractivity contribution in [2.45, 2.75) is 18.2 Å². The molecule has 2 rings (SSSR count). The molecule has 0 saturated heterocycles. The SMILES string of the molecule is O=c1cc(CBr)[nH]c2c1NCCC2. The zero-order valence-electron chi connectivity index (χ0n) is 7.19. The minimum Gasteiger partial charge on any atom is -0.380 e. The normalized spacial score (nSPS) is 14.8. The number of fused-ring (bicyclic) bond motifs is 1. The fourth-order valence-electron chi connectivity index (χ4n) is 1.60. The third-order valence-corrected chi connectivity index (χ3v) is 2.82. The van der Waals surface area contributed by atoms with Gasteiger partial charge in [-0.15, -0.1) is 0 Å². The number of alkyl halides is 1. The summed E-state index contributed by atoms with van der Waals surface area (Å²) in [6, 6.07) is 1.64. The molecule has 70 valence electrons. The first-order valence-corrected chi connectivity index (χ1v) is 5.48. The van der Waals surface area contributed by atoms with Crippen molar-refractivity contribution in [3.8, 4) is 0 Å². The molecule has 0 bridgehead atoms. The average Bonchev–Trinajstić information content (AvgIpc) is 2.18. The summed E-state index contributed by atoms with van der Waals surface area (Å²) in [6.07, 6.45) is 2.06.